The van der Waals surface area contributed by atoms with E-state index in [4.69, 9.17) is 0 Å². The summed E-state index contributed by atoms with van der Waals surface area (Å²) in [7, 11) is 1.33. The van der Waals surface area contributed by atoms with Gasteiger partial charge >= 0.3 is 5.97 Å². The lowest BCUT2D eigenvalue weighted by Gasteiger charge is -2.29. The lowest BCUT2D eigenvalue weighted by molar-refractivity contribution is 0.0594. The van der Waals surface area contributed by atoms with E-state index in [1.807, 2.05) is 12.1 Å². The first-order valence-corrected chi connectivity index (χ1v) is 8.28. The predicted octanol–water partition coefficient (Wildman–Crippen LogP) is 3.00. The molecule has 2 unspecified atom stereocenters. The Bertz CT molecular complexity index is 747. The van der Waals surface area contributed by atoms with Gasteiger partial charge in [0.05, 0.1) is 7.11 Å². The molecule has 1 aromatic carbocycles. The Balaban J connectivity index is 1.47. The number of hydrogen-bond donors (Lipinski definition) is 1. The summed E-state index contributed by atoms with van der Waals surface area (Å²) in [5.41, 5.74) is 2.40. The summed E-state index contributed by atoms with van der Waals surface area (Å²) in [6.07, 6.45) is 5.58. The predicted molar refractivity (Wildman–Crippen MR) is 91.6 cm³/mol. The molecule has 2 heterocycles. The Morgan fingerprint density at radius 2 is 2.08 bits per heavy atom. The van der Waals surface area contributed by atoms with Gasteiger partial charge in [-0.2, -0.15) is 0 Å². The highest BCUT2D eigenvalue weighted by Gasteiger charge is 2.37. The summed E-state index contributed by atoms with van der Waals surface area (Å²) >= 11 is 0. The van der Waals surface area contributed by atoms with E-state index in [0.29, 0.717) is 12.0 Å². The number of aromatic nitrogens is 2. The van der Waals surface area contributed by atoms with Gasteiger partial charge in [-0.25, -0.2) is 14.8 Å². The number of rotatable bonds is 4. The van der Waals surface area contributed by atoms with Crippen LogP contribution >= 0.6 is 0 Å². The van der Waals surface area contributed by atoms with Crippen LogP contribution < -0.4 is 10.2 Å². The van der Waals surface area contributed by atoms with Crippen LogP contribution in [0.3, 0.4) is 0 Å². The van der Waals surface area contributed by atoms with Crippen molar-refractivity contribution in [1.29, 1.82) is 0 Å². The van der Waals surface area contributed by atoms with Gasteiger partial charge in [0.2, 0.25) is 5.95 Å². The fourth-order valence-electron chi connectivity index (χ4n) is 3.74. The van der Waals surface area contributed by atoms with Gasteiger partial charge in [-0.15, -0.1) is 0 Å². The molecule has 4 rings (SSSR count). The summed E-state index contributed by atoms with van der Waals surface area (Å²) in [5.74, 6) is 0.785. The standard InChI is InChI=1S/C18H20N4O2/c1-24-17(23)16-8-9-19-18(21-16)20-13-3-6-14(7-4-13)22-11-12-2-5-15(22)10-12/h3-4,6-9,12,15H,2,5,10-11H2,1H3,(H,19,20,21). The van der Waals surface area contributed by atoms with Gasteiger partial charge < -0.3 is 15.0 Å². The molecule has 0 radical (unpaired) electrons. The quantitative estimate of drug-likeness (QED) is 0.872. The minimum atomic E-state index is -0.472. The zero-order valence-electron chi connectivity index (χ0n) is 13.6. The van der Waals surface area contributed by atoms with Gasteiger partial charge in [0, 0.05) is 30.2 Å². The number of carbonyl (C=O) groups excluding carboxylic acids is 1. The number of esters is 1. The highest BCUT2D eigenvalue weighted by atomic mass is 16.5. The van der Waals surface area contributed by atoms with E-state index in [2.05, 4.69) is 37.1 Å². The van der Waals surface area contributed by atoms with Gasteiger partial charge in [-0.3, -0.25) is 0 Å². The highest BCUT2D eigenvalue weighted by Crippen LogP contribution is 2.40. The third kappa shape index (κ3) is 2.79. The van der Waals surface area contributed by atoms with Crippen molar-refractivity contribution in [2.45, 2.75) is 25.3 Å². The number of carbonyl (C=O) groups is 1. The van der Waals surface area contributed by atoms with Crippen molar-refractivity contribution in [3.8, 4) is 0 Å². The smallest absolute Gasteiger partial charge is 0.356 e. The summed E-state index contributed by atoms with van der Waals surface area (Å²) in [6.45, 7) is 1.18. The monoisotopic (exact) mass is 324 g/mol. The number of benzene rings is 1. The number of fused-ring (bicyclic) bond motifs is 2. The first-order valence-electron chi connectivity index (χ1n) is 8.28. The van der Waals surface area contributed by atoms with Crippen LogP contribution in [0, 0.1) is 5.92 Å². The number of anilines is 3. The molecule has 0 spiro atoms. The molecule has 1 saturated carbocycles. The van der Waals surface area contributed by atoms with E-state index < -0.39 is 5.97 Å². The molecule has 1 aromatic heterocycles. The van der Waals surface area contributed by atoms with Gasteiger partial charge in [-0.05, 0) is 55.5 Å². The third-order valence-corrected chi connectivity index (χ3v) is 4.91. The van der Waals surface area contributed by atoms with Crippen molar-refractivity contribution in [3.63, 3.8) is 0 Å². The lowest BCUT2D eigenvalue weighted by Crippen LogP contribution is -2.31. The van der Waals surface area contributed by atoms with Crippen molar-refractivity contribution in [2.75, 3.05) is 23.9 Å². The van der Waals surface area contributed by atoms with Crippen LogP contribution in [0.1, 0.15) is 29.8 Å². The zero-order valence-corrected chi connectivity index (χ0v) is 13.6. The molecular formula is C18H20N4O2. The van der Waals surface area contributed by atoms with Crippen LogP contribution in [0.15, 0.2) is 36.5 Å². The summed E-state index contributed by atoms with van der Waals surface area (Å²) in [6, 6.07) is 10.6. The van der Waals surface area contributed by atoms with Gasteiger partial charge in [0.15, 0.2) is 5.69 Å². The number of nitrogens with zero attached hydrogens (tertiary/aromatic N) is 3. The number of hydrogen-bond acceptors (Lipinski definition) is 6. The van der Waals surface area contributed by atoms with E-state index in [9.17, 15) is 4.79 Å². The molecule has 0 amide bonds. The maximum Gasteiger partial charge on any atom is 0.356 e. The number of ether oxygens (including phenoxy) is 1. The van der Waals surface area contributed by atoms with Crippen LogP contribution in [-0.4, -0.2) is 35.6 Å². The van der Waals surface area contributed by atoms with E-state index >= 15 is 0 Å². The topological polar surface area (TPSA) is 67.3 Å². The normalized spacial score (nSPS) is 21.8. The molecule has 2 aromatic rings. The Morgan fingerprint density at radius 3 is 2.75 bits per heavy atom. The second-order valence-electron chi connectivity index (χ2n) is 6.41. The molecule has 2 fully saturated rings. The fraction of sp³-hybridized carbons (Fsp3) is 0.389. The summed E-state index contributed by atoms with van der Waals surface area (Å²) in [5, 5.41) is 3.13. The number of methoxy groups -OCH3 is 1. The summed E-state index contributed by atoms with van der Waals surface area (Å²) in [4.78, 5) is 22.4. The average Bonchev–Trinajstić information content (AvgIpc) is 3.25. The molecule has 6 nitrogen and oxygen atoms in total. The summed E-state index contributed by atoms with van der Waals surface area (Å²) < 4.78 is 4.68. The second-order valence-corrected chi connectivity index (χ2v) is 6.41. The SMILES string of the molecule is COC(=O)c1ccnc(Nc2ccc(N3CC4CCC3C4)cc2)n1. The van der Waals surface area contributed by atoms with Crippen molar-refractivity contribution in [2.24, 2.45) is 5.92 Å². The van der Waals surface area contributed by atoms with E-state index in [1.165, 1.54) is 50.9 Å². The molecule has 1 saturated heterocycles. The Morgan fingerprint density at radius 1 is 1.25 bits per heavy atom. The van der Waals surface area contributed by atoms with Crippen molar-refractivity contribution in [3.05, 3.63) is 42.2 Å². The van der Waals surface area contributed by atoms with Crippen LogP contribution in [0.2, 0.25) is 0 Å². The molecule has 124 valence electrons. The maximum absolute atomic E-state index is 11.5. The van der Waals surface area contributed by atoms with Crippen LogP contribution in [0.5, 0.6) is 0 Å². The molecular weight excluding hydrogens is 304 g/mol. The molecule has 2 atom stereocenters. The van der Waals surface area contributed by atoms with Crippen molar-refractivity contribution >= 4 is 23.3 Å². The minimum absolute atomic E-state index is 0.236. The molecule has 1 aliphatic heterocycles. The number of nitrogens with one attached hydrogen (secondary N) is 1. The minimum Gasteiger partial charge on any atom is -0.464 e. The third-order valence-electron chi connectivity index (χ3n) is 4.91. The highest BCUT2D eigenvalue weighted by molar-refractivity contribution is 5.87. The molecule has 2 aliphatic rings. The molecule has 6 heteroatoms. The first-order chi connectivity index (χ1) is 11.7. The lowest BCUT2D eigenvalue weighted by atomic mass is 10.1. The first kappa shape index (κ1) is 14.9. The molecule has 24 heavy (non-hydrogen) atoms. The van der Waals surface area contributed by atoms with E-state index in [1.54, 1.807) is 0 Å². The molecule has 1 N–H and O–H groups in total. The van der Waals surface area contributed by atoms with Gasteiger partial charge in [0.25, 0.3) is 0 Å². The average molecular weight is 324 g/mol. The van der Waals surface area contributed by atoms with Crippen LogP contribution in [0.25, 0.3) is 0 Å². The zero-order chi connectivity index (χ0) is 16.5. The Hall–Kier alpha value is -2.63. The van der Waals surface area contributed by atoms with Crippen LogP contribution in [0.4, 0.5) is 17.3 Å². The number of piperidine rings is 1. The second kappa shape index (κ2) is 6.11. The van der Waals surface area contributed by atoms with Gasteiger partial charge in [0.1, 0.15) is 0 Å². The molecule has 1 aliphatic carbocycles. The van der Waals surface area contributed by atoms with Crippen molar-refractivity contribution in [1.82, 2.24) is 9.97 Å². The van der Waals surface area contributed by atoms with E-state index in [0.717, 1.165) is 11.6 Å². The van der Waals surface area contributed by atoms with Gasteiger partial charge in [-0.1, -0.05) is 0 Å². The van der Waals surface area contributed by atoms with Crippen LogP contribution in [-0.2, 0) is 4.74 Å². The largest absolute Gasteiger partial charge is 0.464 e. The fourth-order valence-corrected chi connectivity index (χ4v) is 3.74. The van der Waals surface area contributed by atoms with E-state index in [-0.39, 0.29) is 5.69 Å². The maximum atomic E-state index is 11.5. The van der Waals surface area contributed by atoms with Crippen molar-refractivity contribution < 1.29 is 9.53 Å². The Kier molecular flexibility index (Phi) is 3.80. The Labute approximate surface area is 140 Å². The molecule has 2 bridgehead atoms.